The Balaban J connectivity index is 1.49. The third kappa shape index (κ3) is 5.83. The number of rotatable bonds is 7. The Morgan fingerprint density at radius 3 is 2.33 bits per heavy atom. The van der Waals surface area contributed by atoms with Gasteiger partial charge in [0.25, 0.3) is 0 Å². The average Bonchev–Trinajstić information content (AvgIpc) is 3.26. The Bertz CT molecular complexity index is 736. The molecule has 0 aromatic heterocycles. The number of likely N-dealkylation sites (tertiary alicyclic amines) is 1. The van der Waals surface area contributed by atoms with Crippen LogP contribution in [-0.4, -0.2) is 48.5 Å². The number of hydrogen-bond donors (Lipinski definition) is 0. The summed E-state index contributed by atoms with van der Waals surface area (Å²) in [5.41, 5.74) is 1.83. The first-order valence-electron chi connectivity index (χ1n) is 11.2. The zero-order valence-electron chi connectivity index (χ0n) is 18.1. The average molecular weight is 416 g/mol. The molecule has 2 fully saturated rings. The number of ketones is 1. The number of esters is 1. The molecule has 1 aliphatic heterocycles. The molecular weight excluding hydrogens is 382 g/mol. The van der Waals surface area contributed by atoms with Gasteiger partial charge in [-0.25, -0.2) is 9.59 Å². The molecule has 3 rings (SSSR count). The molecule has 0 unspecified atom stereocenters. The van der Waals surface area contributed by atoms with Crippen LogP contribution in [0.1, 0.15) is 80.6 Å². The summed E-state index contributed by atoms with van der Waals surface area (Å²) >= 11 is 0. The lowest BCUT2D eigenvalue weighted by atomic mass is 9.84. The Kier molecular flexibility index (Phi) is 7.88. The van der Waals surface area contributed by atoms with Crippen molar-refractivity contribution >= 4 is 17.8 Å². The van der Waals surface area contributed by atoms with Crippen LogP contribution in [0.15, 0.2) is 24.3 Å². The summed E-state index contributed by atoms with van der Waals surface area (Å²) in [5, 5.41) is 0. The van der Waals surface area contributed by atoms with Gasteiger partial charge in [-0.2, -0.15) is 0 Å². The monoisotopic (exact) mass is 415 g/mol. The van der Waals surface area contributed by atoms with E-state index in [9.17, 15) is 14.4 Å². The highest BCUT2D eigenvalue weighted by atomic mass is 16.6. The number of amides is 1. The minimum atomic E-state index is -0.675. The summed E-state index contributed by atoms with van der Waals surface area (Å²) in [6.07, 6.45) is 7.02. The molecule has 2 aliphatic rings. The van der Waals surface area contributed by atoms with Crippen molar-refractivity contribution in [2.75, 3.05) is 19.8 Å². The summed E-state index contributed by atoms with van der Waals surface area (Å²) in [7, 11) is 0. The van der Waals surface area contributed by atoms with Crippen LogP contribution in [-0.2, 0) is 14.3 Å². The topological polar surface area (TPSA) is 72.9 Å². The minimum Gasteiger partial charge on any atom is -0.456 e. The van der Waals surface area contributed by atoms with Gasteiger partial charge in [-0.05, 0) is 43.1 Å². The Morgan fingerprint density at radius 2 is 1.67 bits per heavy atom. The summed E-state index contributed by atoms with van der Waals surface area (Å²) in [6, 6.07) is 7.02. The fourth-order valence-corrected chi connectivity index (χ4v) is 4.24. The van der Waals surface area contributed by atoms with E-state index >= 15 is 0 Å². The molecule has 1 heterocycles. The fourth-order valence-electron chi connectivity index (χ4n) is 4.24. The first-order chi connectivity index (χ1) is 14.5. The summed E-state index contributed by atoms with van der Waals surface area (Å²) in [6.45, 7) is 4.37. The van der Waals surface area contributed by atoms with Crippen molar-refractivity contribution in [2.24, 2.45) is 5.92 Å². The van der Waals surface area contributed by atoms with E-state index < -0.39 is 18.1 Å². The van der Waals surface area contributed by atoms with Crippen molar-refractivity contribution in [1.82, 2.24) is 4.90 Å². The molecule has 1 amide bonds. The number of carbonyl (C=O) groups excluding carboxylic acids is 3. The van der Waals surface area contributed by atoms with Crippen LogP contribution in [0.2, 0.25) is 0 Å². The molecule has 1 aliphatic carbocycles. The van der Waals surface area contributed by atoms with Gasteiger partial charge in [0.1, 0.15) is 6.04 Å². The highest BCUT2D eigenvalue weighted by Crippen LogP contribution is 2.32. The van der Waals surface area contributed by atoms with E-state index in [1.807, 2.05) is 38.1 Å². The van der Waals surface area contributed by atoms with Crippen molar-refractivity contribution in [3.63, 3.8) is 0 Å². The van der Waals surface area contributed by atoms with Gasteiger partial charge in [-0.1, -0.05) is 57.4 Å². The summed E-state index contributed by atoms with van der Waals surface area (Å²) < 4.78 is 10.5. The molecule has 1 aromatic rings. The highest BCUT2D eigenvalue weighted by Gasteiger charge is 2.36. The van der Waals surface area contributed by atoms with E-state index in [4.69, 9.17) is 9.47 Å². The number of ether oxygens (including phenoxy) is 2. The summed E-state index contributed by atoms with van der Waals surface area (Å²) in [4.78, 5) is 38.6. The Hall–Kier alpha value is -2.37. The second kappa shape index (κ2) is 10.6. The number of benzene rings is 1. The van der Waals surface area contributed by atoms with Crippen LogP contribution in [0.25, 0.3) is 0 Å². The van der Waals surface area contributed by atoms with E-state index in [0.717, 1.165) is 0 Å². The predicted molar refractivity (Wildman–Crippen MR) is 113 cm³/mol. The van der Waals surface area contributed by atoms with Gasteiger partial charge in [-0.15, -0.1) is 0 Å². The molecule has 30 heavy (non-hydrogen) atoms. The molecule has 6 nitrogen and oxygen atoms in total. The van der Waals surface area contributed by atoms with Crippen molar-refractivity contribution in [2.45, 2.75) is 70.8 Å². The lowest BCUT2D eigenvalue weighted by Crippen LogP contribution is -2.42. The van der Waals surface area contributed by atoms with Gasteiger partial charge < -0.3 is 9.47 Å². The van der Waals surface area contributed by atoms with Crippen LogP contribution in [0.4, 0.5) is 4.79 Å². The number of hydrogen-bond acceptors (Lipinski definition) is 5. The van der Waals surface area contributed by atoms with Gasteiger partial charge in [0.05, 0.1) is 6.61 Å². The maximum atomic E-state index is 12.5. The molecular formula is C24H33NO5. The van der Waals surface area contributed by atoms with Crippen molar-refractivity contribution in [3.05, 3.63) is 35.4 Å². The lowest BCUT2D eigenvalue weighted by molar-refractivity contribution is -0.147. The van der Waals surface area contributed by atoms with Crippen molar-refractivity contribution < 1.29 is 23.9 Å². The van der Waals surface area contributed by atoms with E-state index in [1.165, 1.54) is 42.6 Å². The first-order valence-corrected chi connectivity index (χ1v) is 11.2. The Morgan fingerprint density at radius 1 is 0.967 bits per heavy atom. The van der Waals surface area contributed by atoms with E-state index in [1.54, 1.807) is 0 Å². The van der Waals surface area contributed by atoms with Gasteiger partial charge in [0.15, 0.2) is 12.4 Å². The molecule has 0 N–H and O–H groups in total. The second-order valence-corrected chi connectivity index (χ2v) is 8.81. The number of nitrogens with zero attached hydrogens (tertiary/aromatic N) is 1. The largest absolute Gasteiger partial charge is 0.456 e. The zero-order chi connectivity index (χ0) is 21.5. The standard InChI is InChI=1S/C24H33NO5/c1-17(2)15-30-24(28)25-14-6-9-21(25)23(27)29-16-22(26)20-12-10-19(11-13-20)18-7-4-3-5-8-18/h10-13,17-18,21H,3-9,14-16H2,1-2H3/t21-/m0/s1. The fraction of sp³-hybridized carbons (Fsp3) is 0.625. The smallest absolute Gasteiger partial charge is 0.410 e. The normalized spacial score (nSPS) is 19.7. The highest BCUT2D eigenvalue weighted by molar-refractivity contribution is 5.98. The molecule has 6 heteroatoms. The van der Waals surface area contributed by atoms with Crippen LogP contribution in [0, 0.1) is 5.92 Å². The van der Waals surface area contributed by atoms with Gasteiger partial charge in [0, 0.05) is 12.1 Å². The third-order valence-electron chi connectivity index (χ3n) is 5.95. The lowest BCUT2D eigenvalue weighted by Gasteiger charge is -2.23. The van der Waals surface area contributed by atoms with Crippen LogP contribution < -0.4 is 0 Å². The SMILES string of the molecule is CC(C)COC(=O)N1CCC[C@H]1C(=O)OCC(=O)c1ccc(C2CCCCC2)cc1. The maximum Gasteiger partial charge on any atom is 0.410 e. The van der Waals surface area contributed by atoms with Crippen molar-refractivity contribution in [3.8, 4) is 0 Å². The van der Waals surface area contributed by atoms with E-state index in [-0.39, 0.29) is 18.3 Å². The van der Waals surface area contributed by atoms with Gasteiger partial charge in [0.2, 0.25) is 0 Å². The third-order valence-corrected chi connectivity index (χ3v) is 5.95. The van der Waals surface area contributed by atoms with E-state index in [2.05, 4.69) is 0 Å². The van der Waals surface area contributed by atoms with Gasteiger partial charge in [-0.3, -0.25) is 9.69 Å². The quantitative estimate of drug-likeness (QED) is 0.476. The molecule has 0 spiro atoms. The van der Waals surface area contributed by atoms with Gasteiger partial charge >= 0.3 is 12.1 Å². The number of carbonyl (C=O) groups is 3. The van der Waals surface area contributed by atoms with Crippen molar-refractivity contribution in [1.29, 1.82) is 0 Å². The second-order valence-electron chi connectivity index (χ2n) is 8.81. The molecule has 1 saturated carbocycles. The Labute approximate surface area is 178 Å². The van der Waals surface area contributed by atoms with Crippen LogP contribution in [0.3, 0.4) is 0 Å². The first kappa shape index (κ1) is 22.3. The maximum absolute atomic E-state index is 12.5. The molecule has 1 saturated heterocycles. The molecule has 1 aromatic carbocycles. The summed E-state index contributed by atoms with van der Waals surface area (Å²) in [5.74, 6) is 0.0419. The van der Waals surface area contributed by atoms with Crippen LogP contribution >= 0.6 is 0 Å². The molecule has 1 atom stereocenters. The van der Waals surface area contributed by atoms with E-state index in [0.29, 0.717) is 37.5 Å². The number of Topliss-reactive ketones (excluding diaryl/α,β-unsaturated/α-hetero) is 1. The molecule has 0 bridgehead atoms. The predicted octanol–water partition coefficient (Wildman–Crippen LogP) is 4.72. The molecule has 164 valence electrons. The zero-order valence-corrected chi connectivity index (χ0v) is 18.1. The molecule has 0 radical (unpaired) electrons. The van der Waals surface area contributed by atoms with Crippen LogP contribution in [0.5, 0.6) is 0 Å². The minimum absolute atomic E-state index is 0.226.